The van der Waals surface area contributed by atoms with E-state index in [4.69, 9.17) is 4.74 Å². The molecule has 110 valence electrons. The SMILES string of the molecule is COC1(C)CCCN(Cc2cccc([N+](=O)[O-])c2Br)C1. The molecular weight excluding hydrogens is 324 g/mol. The Balaban J connectivity index is 2.14. The van der Waals surface area contributed by atoms with Crippen LogP contribution in [0.2, 0.25) is 0 Å². The summed E-state index contributed by atoms with van der Waals surface area (Å²) >= 11 is 3.35. The van der Waals surface area contributed by atoms with Crippen molar-refractivity contribution < 1.29 is 9.66 Å². The van der Waals surface area contributed by atoms with Gasteiger partial charge in [0, 0.05) is 26.3 Å². The smallest absolute Gasteiger partial charge is 0.283 e. The quantitative estimate of drug-likeness (QED) is 0.621. The summed E-state index contributed by atoms with van der Waals surface area (Å²) in [6.45, 7) is 4.65. The molecule has 2 rings (SSSR count). The summed E-state index contributed by atoms with van der Waals surface area (Å²) in [7, 11) is 1.74. The van der Waals surface area contributed by atoms with Crippen molar-refractivity contribution in [3.8, 4) is 0 Å². The van der Waals surface area contributed by atoms with Gasteiger partial charge >= 0.3 is 0 Å². The van der Waals surface area contributed by atoms with Gasteiger partial charge < -0.3 is 4.74 Å². The van der Waals surface area contributed by atoms with Crippen molar-refractivity contribution in [2.75, 3.05) is 20.2 Å². The number of methoxy groups -OCH3 is 1. The van der Waals surface area contributed by atoms with E-state index in [9.17, 15) is 10.1 Å². The second-order valence-electron chi connectivity index (χ2n) is 5.48. The van der Waals surface area contributed by atoms with Crippen molar-refractivity contribution in [2.24, 2.45) is 0 Å². The third-order valence-electron chi connectivity index (χ3n) is 3.88. The lowest BCUT2D eigenvalue weighted by molar-refractivity contribution is -0.385. The topological polar surface area (TPSA) is 55.6 Å². The number of rotatable bonds is 4. The summed E-state index contributed by atoms with van der Waals surface area (Å²) in [6, 6.07) is 5.18. The van der Waals surface area contributed by atoms with E-state index in [2.05, 4.69) is 27.8 Å². The van der Waals surface area contributed by atoms with Crippen molar-refractivity contribution in [1.29, 1.82) is 0 Å². The molecule has 1 aliphatic heterocycles. The molecule has 0 radical (unpaired) electrons. The Hall–Kier alpha value is -0.980. The highest BCUT2D eigenvalue weighted by atomic mass is 79.9. The van der Waals surface area contributed by atoms with Gasteiger partial charge in [0.05, 0.1) is 15.0 Å². The van der Waals surface area contributed by atoms with E-state index >= 15 is 0 Å². The molecule has 1 aromatic carbocycles. The van der Waals surface area contributed by atoms with E-state index in [0.717, 1.165) is 31.5 Å². The Kier molecular flexibility index (Phi) is 4.78. The second-order valence-corrected chi connectivity index (χ2v) is 6.27. The van der Waals surface area contributed by atoms with Gasteiger partial charge in [-0.1, -0.05) is 12.1 Å². The van der Waals surface area contributed by atoms with E-state index in [1.807, 2.05) is 6.07 Å². The van der Waals surface area contributed by atoms with Crippen molar-refractivity contribution in [3.63, 3.8) is 0 Å². The lowest BCUT2D eigenvalue weighted by Gasteiger charge is -2.39. The maximum atomic E-state index is 11.0. The highest BCUT2D eigenvalue weighted by Crippen LogP contribution is 2.31. The monoisotopic (exact) mass is 342 g/mol. The highest BCUT2D eigenvalue weighted by Gasteiger charge is 2.31. The summed E-state index contributed by atoms with van der Waals surface area (Å²) in [6.07, 6.45) is 2.13. The number of likely N-dealkylation sites (tertiary alicyclic amines) is 1. The number of nitro groups is 1. The highest BCUT2D eigenvalue weighted by molar-refractivity contribution is 9.10. The van der Waals surface area contributed by atoms with Crippen LogP contribution in [0.3, 0.4) is 0 Å². The van der Waals surface area contributed by atoms with Crippen LogP contribution in [0.5, 0.6) is 0 Å². The van der Waals surface area contributed by atoms with Crippen LogP contribution in [-0.2, 0) is 11.3 Å². The van der Waals surface area contributed by atoms with Gasteiger partial charge in [-0.15, -0.1) is 0 Å². The zero-order chi connectivity index (χ0) is 14.8. The fourth-order valence-corrected chi connectivity index (χ4v) is 3.21. The molecule has 1 fully saturated rings. The normalized spacial score (nSPS) is 23.8. The first kappa shape index (κ1) is 15.4. The Morgan fingerprint density at radius 1 is 1.55 bits per heavy atom. The molecule has 6 heteroatoms. The molecule has 0 aromatic heterocycles. The summed E-state index contributed by atoms with van der Waals surface area (Å²) < 4.78 is 6.16. The molecule has 0 spiro atoms. The average molecular weight is 343 g/mol. The molecule has 1 unspecified atom stereocenters. The summed E-state index contributed by atoms with van der Waals surface area (Å²) in [5.74, 6) is 0. The lowest BCUT2D eigenvalue weighted by Crippen LogP contribution is -2.46. The number of halogens is 1. The zero-order valence-corrected chi connectivity index (χ0v) is 13.4. The van der Waals surface area contributed by atoms with Gasteiger partial charge in [0.2, 0.25) is 0 Å². The first-order valence-electron chi connectivity index (χ1n) is 6.64. The fourth-order valence-electron chi connectivity index (χ4n) is 2.68. The molecule has 0 N–H and O–H groups in total. The van der Waals surface area contributed by atoms with Gasteiger partial charge in [-0.3, -0.25) is 15.0 Å². The van der Waals surface area contributed by atoms with Crippen LogP contribution in [0.15, 0.2) is 22.7 Å². The molecule has 0 bridgehead atoms. The van der Waals surface area contributed by atoms with E-state index in [1.54, 1.807) is 13.2 Å². The van der Waals surface area contributed by atoms with Gasteiger partial charge in [0.25, 0.3) is 5.69 Å². The minimum absolute atomic E-state index is 0.119. The number of benzene rings is 1. The van der Waals surface area contributed by atoms with E-state index in [0.29, 0.717) is 11.0 Å². The molecule has 5 nitrogen and oxygen atoms in total. The van der Waals surface area contributed by atoms with Crippen LogP contribution in [0.1, 0.15) is 25.3 Å². The molecule has 20 heavy (non-hydrogen) atoms. The minimum atomic E-state index is -0.358. The van der Waals surface area contributed by atoms with E-state index in [1.165, 1.54) is 6.07 Å². The average Bonchev–Trinajstić information content (AvgIpc) is 2.41. The van der Waals surface area contributed by atoms with Crippen LogP contribution >= 0.6 is 15.9 Å². The predicted molar refractivity (Wildman–Crippen MR) is 80.7 cm³/mol. The Labute approximate surface area is 127 Å². The molecule has 1 aliphatic rings. The lowest BCUT2D eigenvalue weighted by atomic mass is 9.94. The first-order chi connectivity index (χ1) is 9.45. The second kappa shape index (κ2) is 6.20. The number of nitrogens with zero attached hydrogens (tertiary/aromatic N) is 2. The van der Waals surface area contributed by atoms with Gasteiger partial charge in [-0.2, -0.15) is 0 Å². The standard InChI is InChI=1S/C14H19BrN2O3/c1-14(20-2)7-4-8-16(10-14)9-11-5-3-6-12(13(11)15)17(18)19/h3,5-6H,4,7-10H2,1-2H3. The van der Waals surface area contributed by atoms with Crippen LogP contribution < -0.4 is 0 Å². The largest absolute Gasteiger partial charge is 0.377 e. The predicted octanol–water partition coefficient (Wildman–Crippen LogP) is 3.36. The van der Waals surface area contributed by atoms with Crippen LogP contribution in [-0.4, -0.2) is 35.6 Å². The molecule has 1 aromatic rings. The first-order valence-corrected chi connectivity index (χ1v) is 7.44. The van der Waals surface area contributed by atoms with Gasteiger partial charge in [0.15, 0.2) is 0 Å². The summed E-state index contributed by atoms with van der Waals surface area (Å²) in [5, 5.41) is 11.0. The number of hydrogen-bond acceptors (Lipinski definition) is 4. The zero-order valence-electron chi connectivity index (χ0n) is 11.8. The van der Waals surface area contributed by atoms with E-state index in [-0.39, 0.29) is 16.2 Å². The maximum absolute atomic E-state index is 11.0. The number of ether oxygens (including phenoxy) is 1. The molecular formula is C14H19BrN2O3. The third-order valence-corrected chi connectivity index (χ3v) is 4.80. The van der Waals surface area contributed by atoms with Crippen molar-refractivity contribution in [2.45, 2.75) is 31.9 Å². The van der Waals surface area contributed by atoms with Gasteiger partial charge in [-0.05, 0) is 47.8 Å². The van der Waals surface area contributed by atoms with Gasteiger partial charge in [-0.25, -0.2) is 0 Å². The molecule has 1 saturated heterocycles. The summed E-state index contributed by atoms with van der Waals surface area (Å²) in [5.41, 5.74) is 0.944. The van der Waals surface area contributed by atoms with Crippen LogP contribution in [0, 0.1) is 10.1 Å². The molecule has 1 heterocycles. The Morgan fingerprint density at radius 2 is 2.30 bits per heavy atom. The molecule has 1 atom stereocenters. The fraction of sp³-hybridized carbons (Fsp3) is 0.571. The summed E-state index contributed by atoms with van der Waals surface area (Å²) in [4.78, 5) is 12.9. The number of piperidine rings is 1. The Bertz CT molecular complexity index is 509. The molecule has 0 aliphatic carbocycles. The molecule has 0 saturated carbocycles. The van der Waals surface area contributed by atoms with Crippen LogP contribution in [0.25, 0.3) is 0 Å². The van der Waals surface area contributed by atoms with Crippen LogP contribution in [0.4, 0.5) is 5.69 Å². The van der Waals surface area contributed by atoms with Gasteiger partial charge in [0.1, 0.15) is 0 Å². The third kappa shape index (κ3) is 3.37. The van der Waals surface area contributed by atoms with Crippen molar-refractivity contribution >= 4 is 21.6 Å². The number of hydrogen-bond donors (Lipinski definition) is 0. The Morgan fingerprint density at radius 3 is 2.95 bits per heavy atom. The number of nitro benzene ring substituents is 1. The molecule has 0 amide bonds. The van der Waals surface area contributed by atoms with E-state index < -0.39 is 0 Å². The minimum Gasteiger partial charge on any atom is -0.377 e. The van der Waals surface area contributed by atoms with Crippen molar-refractivity contribution in [1.82, 2.24) is 4.90 Å². The van der Waals surface area contributed by atoms with Crippen molar-refractivity contribution in [3.05, 3.63) is 38.3 Å². The maximum Gasteiger partial charge on any atom is 0.283 e.